The van der Waals surface area contributed by atoms with Gasteiger partial charge in [-0.15, -0.1) is 0 Å². The lowest BCUT2D eigenvalue weighted by atomic mass is 9.69. The summed E-state index contributed by atoms with van der Waals surface area (Å²) >= 11 is 3.44. The van der Waals surface area contributed by atoms with Crippen LogP contribution in [0.3, 0.4) is 0 Å². The molecule has 0 bridgehead atoms. The van der Waals surface area contributed by atoms with Crippen LogP contribution in [0.5, 0.6) is 0 Å². The Morgan fingerprint density at radius 2 is 2.24 bits per heavy atom. The summed E-state index contributed by atoms with van der Waals surface area (Å²) in [5.74, 6) is -0.183. The fourth-order valence-corrected chi connectivity index (χ4v) is 2.27. The van der Waals surface area contributed by atoms with Crippen LogP contribution in [0, 0.1) is 23.7 Å². The fraction of sp³-hybridized carbons (Fsp3) is 0.385. The van der Waals surface area contributed by atoms with Crippen molar-refractivity contribution in [2.75, 3.05) is 5.32 Å². The highest BCUT2D eigenvalue weighted by Crippen LogP contribution is 2.41. The van der Waals surface area contributed by atoms with Gasteiger partial charge in [0.05, 0.1) is 11.8 Å². The third-order valence-corrected chi connectivity index (χ3v) is 4.35. The molecule has 1 aromatic rings. The number of hydrogen-bond acceptors (Lipinski definition) is 2. The average molecular weight is 293 g/mol. The Morgan fingerprint density at radius 3 is 2.76 bits per heavy atom. The molecule has 0 radical (unpaired) electrons. The molecule has 2 rings (SSSR count). The van der Waals surface area contributed by atoms with E-state index in [1.165, 1.54) is 0 Å². The Morgan fingerprint density at radius 1 is 1.53 bits per heavy atom. The fourth-order valence-electron chi connectivity index (χ4n) is 1.91. The van der Waals surface area contributed by atoms with E-state index in [1.54, 1.807) is 0 Å². The summed E-state index contributed by atoms with van der Waals surface area (Å²) in [5.41, 5.74) is 0.988. The summed E-state index contributed by atoms with van der Waals surface area (Å²) in [4.78, 5) is 12.1. The highest BCUT2D eigenvalue weighted by atomic mass is 79.9. The maximum absolute atomic E-state index is 12.1. The monoisotopic (exact) mass is 292 g/mol. The largest absolute Gasteiger partial charge is 0.324 e. The molecule has 17 heavy (non-hydrogen) atoms. The van der Waals surface area contributed by atoms with E-state index < -0.39 is 5.41 Å². The molecule has 0 spiro atoms. The van der Waals surface area contributed by atoms with E-state index in [-0.39, 0.29) is 5.91 Å². The Bertz CT molecular complexity index is 501. The van der Waals surface area contributed by atoms with Gasteiger partial charge in [-0.25, -0.2) is 0 Å². The Labute approximate surface area is 109 Å². The summed E-state index contributed by atoms with van der Waals surface area (Å²) in [7, 11) is 0. The zero-order valence-electron chi connectivity index (χ0n) is 9.59. The molecular weight excluding hydrogens is 280 g/mol. The smallest absolute Gasteiger partial charge is 0.244 e. The summed E-state index contributed by atoms with van der Waals surface area (Å²) in [6.45, 7) is 1.96. The molecule has 1 N–H and O–H groups in total. The minimum absolute atomic E-state index is 0.183. The third-order valence-electron chi connectivity index (χ3n) is 3.30. The van der Waals surface area contributed by atoms with Crippen LogP contribution < -0.4 is 5.32 Å². The van der Waals surface area contributed by atoms with Crippen molar-refractivity contribution in [1.82, 2.24) is 0 Å². The average Bonchev–Trinajstić information content (AvgIpc) is 2.24. The molecular formula is C13H13BrN2O. The molecule has 1 aliphatic rings. The lowest BCUT2D eigenvalue weighted by Crippen LogP contribution is -2.40. The van der Waals surface area contributed by atoms with E-state index in [0.717, 1.165) is 22.1 Å². The van der Waals surface area contributed by atoms with Crippen LogP contribution in [-0.2, 0) is 4.79 Å². The number of nitrogens with zero attached hydrogens (tertiary/aromatic N) is 1. The van der Waals surface area contributed by atoms with Crippen molar-refractivity contribution in [3.05, 3.63) is 28.2 Å². The highest BCUT2D eigenvalue weighted by Gasteiger charge is 2.44. The van der Waals surface area contributed by atoms with Gasteiger partial charge in [-0.1, -0.05) is 12.1 Å². The van der Waals surface area contributed by atoms with Gasteiger partial charge in [0.2, 0.25) is 5.91 Å². The molecule has 1 fully saturated rings. The van der Waals surface area contributed by atoms with Crippen LogP contribution in [0.4, 0.5) is 5.69 Å². The Kier molecular flexibility index (Phi) is 3.21. The number of amides is 1. The minimum atomic E-state index is -0.802. The first-order valence-corrected chi connectivity index (χ1v) is 6.36. The van der Waals surface area contributed by atoms with E-state index in [1.807, 2.05) is 25.1 Å². The number of nitrogens with one attached hydrogen (secondary N) is 1. The number of carbonyl (C=O) groups excluding carboxylic acids is 1. The number of nitriles is 1. The maximum atomic E-state index is 12.1. The van der Waals surface area contributed by atoms with E-state index in [4.69, 9.17) is 5.26 Å². The quantitative estimate of drug-likeness (QED) is 0.908. The molecule has 3 nitrogen and oxygen atoms in total. The number of anilines is 1. The molecule has 1 aromatic carbocycles. The van der Waals surface area contributed by atoms with E-state index in [0.29, 0.717) is 12.8 Å². The van der Waals surface area contributed by atoms with E-state index >= 15 is 0 Å². The minimum Gasteiger partial charge on any atom is -0.324 e. The second-order valence-electron chi connectivity index (χ2n) is 4.44. The first kappa shape index (κ1) is 12.1. The molecule has 0 saturated heterocycles. The van der Waals surface area contributed by atoms with Crippen LogP contribution in [-0.4, -0.2) is 5.91 Å². The van der Waals surface area contributed by atoms with Gasteiger partial charge < -0.3 is 5.32 Å². The van der Waals surface area contributed by atoms with Crippen LogP contribution in [0.25, 0.3) is 0 Å². The topological polar surface area (TPSA) is 52.9 Å². The Balaban J connectivity index is 2.19. The van der Waals surface area contributed by atoms with Crippen molar-refractivity contribution in [3.8, 4) is 6.07 Å². The first-order valence-electron chi connectivity index (χ1n) is 5.57. The molecule has 0 aliphatic heterocycles. The molecule has 88 valence electrons. The highest BCUT2D eigenvalue weighted by molar-refractivity contribution is 9.10. The van der Waals surface area contributed by atoms with Gasteiger partial charge in [0.15, 0.2) is 0 Å². The van der Waals surface area contributed by atoms with Crippen molar-refractivity contribution in [3.63, 3.8) is 0 Å². The molecule has 0 atom stereocenters. The van der Waals surface area contributed by atoms with Crippen molar-refractivity contribution in [1.29, 1.82) is 5.26 Å². The zero-order chi connectivity index (χ0) is 12.5. The van der Waals surface area contributed by atoms with Gasteiger partial charge in [-0.05, 0) is 53.7 Å². The van der Waals surface area contributed by atoms with Gasteiger partial charge in [0.1, 0.15) is 5.41 Å². The second-order valence-corrected chi connectivity index (χ2v) is 5.23. The zero-order valence-corrected chi connectivity index (χ0v) is 11.2. The van der Waals surface area contributed by atoms with Crippen molar-refractivity contribution >= 4 is 27.5 Å². The van der Waals surface area contributed by atoms with Crippen molar-refractivity contribution in [2.24, 2.45) is 5.41 Å². The normalized spacial score (nSPS) is 16.8. The Hall–Kier alpha value is -1.34. The number of hydrogen-bond donors (Lipinski definition) is 1. The summed E-state index contributed by atoms with van der Waals surface area (Å²) in [6.07, 6.45) is 2.29. The molecule has 0 heterocycles. The molecule has 0 unspecified atom stereocenters. The van der Waals surface area contributed by atoms with Crippen molar-refractivity contribution < 1.29 is 4.79 Å². The summed E-state index contributed by atoms with van der Waals surface area (Å²) in [6, 6.07) is 7.82. The predicted octanol–water partition coefficient (Wildman–Crippen LogP) is 3.39. The standard InChI is InChI=1S/C13H13BrN2O/c1-9-4-2-5-10(11(9)14)16-12(17)13(8-15)6-3-7-13/h2,4-5H,3,6-7H2,1H3,(H,16,17). The van der Waals surface area contributed by atoms with Crippen LogP contribution in [0.1, 0.15) is 24.8 Å². The van der Waals surface area contributed by atoms with Gasteiger partial charge in [0.25, 0.3) is 0 Å². The van der Waals surface area contributed by atoms with Gasteiger partial charge >= 0.3 is 0 Å². The van der Waals surface area contributed by atoms with Crippen LogP contribution in [0.2, 0.25) is 0 Å². The van der Waals surface area contributed by atoms with Crippen LogP contribution in [0.15, 0.2) is 22.7 Å². The van der Waals surface area contributed by atoms with Crippen LogP contribution >= 0.6 is 15.9 Å². The van der Waals surface area contributed by atoms with Gasteiger partial charge in [-0.3, -0.25) is 4.79 Å². The van der Waals surface area contributed by atoms with E-state index in [2.05, 4.69) is 27.3 Å². The second kappa shape index (κ2) is 4.50. The third kappa shape index (κ3) is 2.07. The number of benzene rings is 1. The van der Waals surface area contributed by atoms with E-state index in [9.17, 15) is 4.79 Å². The molecule has 4 heteroatoms. The van der Waals surface area contributed by atoms with Gasteiger partial charge in [0, 0.05) is 4.47 Å². The summed E-state index contributed by atoms with van der Waals surface area (Å²) < 4.78 is 0.876. The molecule has 1 saturated carbocycles. The molecule has 1 amide bonds. The lowest BCUT2D eigenvalue weighted by molar-refractivity contribution is -0.126. The van der Waals surface area contributed by atoms with Gasteiger partial charge in [-0.2, -0.15) is 5.26 Å². The number of aryl methyl sites for hydroxylation is 1. The number of rotatable bonds is 2. The van der Waals surface area contributed by atoms with Crippen molar-refractivity contribution in [2.45, 2.75) is 26.2 Å². The molecule has 1 aliphatic carbocycles. The lowest BCUT2D eigenvalue weighted by Gasteiger charge is -2.33. The molecule has 0 aromatic heterocycles. The summed E-state index contributed by atoms with van der Waals surface area (Å²) in [5, 5.41) is 11.9. The maximum Gasteiger partial charge on any atom is 0.244 e. The number of carbonyl (C=O) groups is 1. The SMILES string of the molecule is Cc1cccc(NC(=O)C2(C#N)CCC2)c1Br. The predicted molar refractivity (Wildman–Crippen MR) is 69.4 cm³/mol. The first-order chi connectivity index (χ1) is 8.09. The number of halogens is 1.